The van der Waals surface area contributed by atoms with Gasteiger partial charge in [-0.1, -0.05) is 19.0 Å². The average molecular weight is 267 g/mol. The molecule has 1 aliphatic rings. The molecule has 3 N–H and O–H groups in total. The molecule has 6 nitrogen and oxygen atoms in total. The Labute approximate surface area is 112 Å². The van der Waals surface area contributed by atoms with Crippen molar-refractivity contribution in [1.29, 1.82) is 0 Å². The Morgan fingerprint density at radius 3 is 2.84 bits per heavy atom. The molecule has 0 radical (unpaired) electrons. The predicted molar refractivity (Wildman–Crippen MR) is 70.6 cm³/mol. The number of anilines is 1. The van der Waals surface area contributed by atoms with E-state index in [0.29, 0.717) is 24.6 Å². The van der Waals surface area contributed by atoms with E-state index in [1.807, 2.05) is 20.8 Å². The highest BCUT2D eigenvalue weighted by Crippen LogP contribution is 2.50. The van der Waals surface area contributed by atoms with E-state index >= 15 is 0 Å². The van der Waals surface area contributed by atoms with Crippen molar-refractivity contribution in [2.24, 2.45) is 11.1 Å². The minimum atomic E-state index is -0.951. The molecule has 0 aromatic carbocycles. The smallest absolute Gasteiger partial charge is 0.247 e. The molecule has 1 aliphatic carbocycles. The van der Waals surface area contributed by atoms with Crippen LogP contribution in [0.15, 0.2) is 10.6 Å². The van der Waals surface area contributed by atoms with Crippen molar-refractivity contribution in [2.75, 3.05) is 11.9 Å². The van der Waals surface area contributed by atoms with Gasteiger partial charge < -0.3 is 15.0 Å². The number of carbonyl (C=O) groups excluding carboxylic acids is 1. The highest BCUT2D eigenvalue weighted by molar-refractivity contribution is 5.98. The van der Waals surface area contributed by atoms with E-state index in [0.717, 1.165) is 0 Å². The number of rotatable bonds is 4. The second-order valence-electron chi connectivity index (χ2n) is 5.63. The van der Waals surface area contributed by atoms with E-state index < -0.39 is 11.0 Å². The van der Waals surface area contributed by atoms with Crippen molar-refractivity contribution in [2.45, 2.75) is 45.8 Å². The monoisotopic (exact) mass is 267 g/mol. The summed E-state index contributed by atoms with van der Waals surface area (Å²) in [5.74, 6) is 0.0626. The summed E-state index contributed by atoms with van der Waals surface area (Å²) in [6.07, 6.45) is 0.511. The van der Waals surface area contributed by atoms with Gasteiger partial charge in [0.1, 0.15) is 5.54 Å². The zero-order chi connectivity index (χ0) is 14.3. The number of amides is 1. The van der Waals surface area contributed by atoms with Crippen LogP contribution in [0.3, 0.4) is 0 Å². The fourth-order valence-electron chi connectivity index (χ4n) is 2.47. The van der Waals surface area contributed by atoms with E-state index in [1.54, 1.807) is 13.0 Å². The van der Waals surface area contributed by atoms with E-state index in [9.17, 15) is 4.79 Å². The van der Waals surface area contributed by atoms with Crippen LogP contribution in [0.25, 0.3) is 0 Å². The van der Waals surface area contributed by atoms with Crippen LogP contribution in [0.5, 0.6) is 0 Å². The SMILES string of the molecule is CCOC1CC(N)(C(=O)Nc2cc(C)no2)C1(C)C. The molecule has 2 unspecified atom stereocenters. The lowest BCUT2D eigenvalue weighted by molar-refractivity contribution is -0.166. The first-order chi connectivity index (χ1) is 8.81. The largest absolute Gasteiger partial charge is 0.378 e. The van der Waals surface area contributed by atoms with Crippen molar-refractivity contribution in [3.05, 3.63) is 11.8 Å². The zero-order valence-electron chi connectivity index (χ0n) is 11.8. The summed E-state index contributed by atoms with van der Waals surface area (Å²) in [6, 6.07) is 1.66. The van der Waals surface area contributed by atoms with Gasteiger partial charge in [0.25, 0.3) is 0 Å². The van der Waals surface area contributed by atoms with Crippen LogP contribution in [0.2, 0.25) is 0 Å². The van der Waals surface area contributed by atoms with Crippen LogP contribution in [0.4, 0.5) is 5.88 Å². The number of carbonyl (C=O) groups is 1. The first-order valence-electron chi connectivity index (χ1n) is 6.46. The summed E-state index contributed by atoms with van der Waals surface area (Å²) in [4.78, 5) is 12.3. The second-order valence-corrected chi connectivity index (χ2v) is 5.63. The number of hydrogen-bond donors (Lipinski definition) is 2. The molecule has 1 saturated carbocycles. The highest BCUT2D eigenvalue weighted by Gasteiger charge is 2.63. The molecule has 1 fully saturated rings. The van der Waals surface area contributed by atoms with Gasteiger partial charge in [-0.2, -0.15) is 0 Å². The van der Waals surface area contributed by atoms with Crippen LogP contribution in [-0.4, -0.2) is 29.3 Å². The normalized spacial score (nSPS) is 28.8. The lowest BCUT2D eigenvalue weighted by atomic mass is 9.54. The summed E-state index contributed by atoms with van der Waals surface area (Å²) in [7, 11) is 0. The molecule has 0 saturated heterocycles. The summed E-state index contributed by atoms with van der Waals surface area (Å²) < 4.78 is 10.6. The van der Waals surface area contributed by atoms with Gasteiger partial charge in [0.2, 0.25) is 11.8 Å². The summed E-state index contributed by atoms with van der Waals surface area (Å²) in [5, 5.41) is 6.40. The fourth-order valence-corrected chi connectivity index (χ4v) is 2.47. The minimum absolute atomic E-state index is 0.00436. The van der Waals surface area contributed by atoms with Gasteiger partial charge in [0, 0.05) is 24.5 Å². The number of nitrogens with one attached hydrogen (secondary N) is 1. The van der Waals surface area contributed by atoms with E-state index in [4.69, 9.17) is 15.0 Å². The summed E-state index contributed by atoms with van der Waals surface area (Å²) in [6.45, 7) is 8.23. The van der Waals surface area contributed by atoms with Gasteiger partial charge in [-0.25, -0.2) is 0 Å². The molecule has 1 amide bonds. The van der Waals surface area contributed by atoms with Gasteiger partial charge in [-0.15, -0.1) is 0 Å². The van der Waals surface area contributed by atoms with Gasteiger partial charge >= 0.3 is 0 Å². The predicted octanol–water partition coefficient (Wildman–Crippen LogP) is 1.45. The van der Waals surface area contributed by atoms with Crippen LogP contribution in [0, 0.1) is 12.3 Å². The van der Waals surface area contributed by atoms with Gasteiger partial charge in [0.15, 0.2) is 0 Å². The number of aryl methyl sites for hydroxylation is 1. The lowest BCUT2D eigenvalue weighted by Crippen LogP contribution is -2.74. The van der Waals surface area contributed by atoms with Crippen LogP contribution < -0.4 is 11.1 Å². The average Bonchev–Trinajstić information content (AvgIpc) is 2.74. The van der Waals surface area contributed by atoms with Gasteiger partial charge in [0.05, 0.1) is 11.8 Å². The van der Waals surface area contributed by atoms with Crippen LogP contribution in [-0.2, 0) is 9.53 Å². The number of hydrogen-bond acceptors (Lipinski definition) is 5. The number of nitrogens with two attached hydrogens (primary N) is 1. The molecule has 0 spiro atoms. The first-order valence-corrected chi connectivity index (χ1v) is 6.46. The molecular formula is C13H21N3O3. The third kappa shape index (κ3) is 2.15. The maximum atomic E-state index is 12.3. The van der Waals surface area contributed by atoms with Crippen LogP contribution >= 0.6 is 0 Å². The van der Waals surface area contributed by atoms with Crippen LogP contribution in [0.1, 0.15) is 32.9 Å². The third-order valence-electron chi connectivity index (χ3n) is 4.10. The Kier molecular flexibility index (Phi) is 3.40. The molecule has 2 rings (SSSR count). The fraction of sp³-hybridized carbons (Fsp3) is 0.692. The Morgan fingerprint density at radius 2 is 2.37 bits per heavy atom. The molecule has 0 bridgehead atoms. The lowest BCUT2D eigenvalue weighted by Gasteiger charge is -2.57. The highest BCUT2D eigenvalue weighted by atomic mass is 16.5. The quantitative estimate of drug-likeness (QED) is 0.861. The maximum absolute atomic E-state index is 12.3. The molecule has 2 atom stereocenters. The van der Waals surface area contributed by atoms with Gasteiger partial charge in [-0.3, -0.25) is 10.1 Å². The Balaban J connectivity index is 2.07. The molecule has 1 aromatic rings. The maximum Gasteiger partial charge on any atom is 0.247 e. The Hall–Kier alpha value is -1.40. The topological polar surface area (TPSA) is 90.4 Å². The molecule has 1 heterocycles. The van der Waals surface area contributed by atoms with E-state index in [-0.39, 0.29) is 12.0 Å². The summed E-state index contributed by atoms with van der Waals surface area (Å²) in [5.41, 5.74) is 5.59. The van der Waals surface area contributed by atoms with Crippen molar-refractivity contribution in [3.63, 3.8) is 0 Å². The zero-order valence-corrected chi connectivity index (χ0v) is 11.8. The number of ether oxygens (including phenoxy) is 1. The standard InChI is InChI=1S/C13H21N3O3/c1-5-18-9-7-13(14,12(9,3)4)11(17)15-10-6-8(2)16-19-10/h6,9H,5,7,14H2,1-4H3,(H,15,17). The molecule has 106 valence electrons. The van der Waals surface area contributed by atoms with E-state index in [2.05, 4.69) is 10.5 Å². The first kappa shape index (κ1) is 14.0. The second kappa shape index (κ2) is 4.61. The van der Waals surface area contributed by atoms with Crippen molar-refractivity contribution in [3.8, 4) is 0 Å². The molecule has 0 aliphatic heterocycles. The van der Waals surface area contributed by atoms with Crippen molar-refractivity contribution in [1.82, 2.24) is 5.16 Å². The number of aromatic nitrogens is 1. The number of nitrogens with zero attached hydrogens (tertiary/aromatic N) is 1. The Bertz CT molecular complexity index is 483. The third-order valence-corrected chi connectivity index (χ3v) is 4.10. The van der Waals surface area contributed by atoms with Gasteiger partial charge in [-0.05, 0) is 13.8 Å². The molecule has 6 heteroatoms. The van der Waals surface area contributed by atoms with Crippen molar-refractivity contribution >= 4 is 11.8 Å². The van der Waals surface area contributed by atoms with E-state index in [1.165, 1.54) is 0 Å². The minimum Gasteiger partial charge on any atom is -0.378 e. The molecule has 1 aromatic heterocycles. The Morgan fingerprint density at radius 1 is 1.68 bits per heavy atom. The summed E-state index contributed by atoms with van der Waals surface area (Å²) >= 11 is 0. The molecular weight excluding hydrogens is 246 g/mol. The molecule has 19 heavy (non-hydrogen) atoms. The van der Waals surface area contributed by atoms with Crippen molar-refractivity contribution < 1.29 is 14.1 Å².